The van der Waals surface area contributed by atoms with Crippen LogP contribution in [-0.2, 0) is 22.0 Å². The highest BCUT2D eigenvalue weighted by molar-refractivity contribution is 7.90. The summed E-state index contributed by atoms with van der Waals surface area (Å²) in [4.78, 5) is 0.282. The third kappa shape index (κ3) is 4.99. The minimum atomic E-state index is -3.75. The summed E-state index contributed by atoms with van der Waals surface area (Å²) in [6, 6.07) is 46.2. The Balaban J connectivity index is 1.40. The van der Waals surface area contributed by atoms with Crippen molar-refractivity contribution in [1.82, 2.24) is 9.29 Å². The molecule has 0 unspecified atom stereocenters. The number of benzene rings is 5. The van der Waals surface area contributed by atoms with E-state index in [1.165, 1.54) is 3.97 Å². The second-order valence-corrected chi connectivity index (χ2v) is 12.1. The average molecular weight is 557 g/mol. The van der Waals surface area contributed by atoms with Crippen LogP contribution in [0.1, 0.15) is 27.8 Å². The zero-order valence-electron chi connectivity index (χ0n) is 22.9. The fourth-order valence-electron chi connectivity index (χ4n) is 5.70. The lowest BCUT2D eigenvalue weighted by atomic mass is 9.77. The predicted molar refractivity (Wildman–Crippen MR) is 167 cm³/mol. The topological polar surface area (TPSA) is 51.1 Å². The molecule has 0 fully saturated rings. The fourth-order valence-corrected chi connectivity index (χ4v) is 7.09. The standard InChI is InChI=1S/C36H32N2O2S/c1-28-21-23-33(24-22-28)41(39,40)38-27-29(34-19-11-12-20-35(34)38)25-26-37-36(30-13-5-2-6-14-30,31-15-7-3-8-16-31)32-17-9-4-10-18-32/h2-24,27,37H,25-26H2,1H3. The van der Waals surface area contributed by atoms with Crippen LogP contribution in [0.5, 0.6) is 0 Å². The molecule has 0 amide bonds. The Bertz CT molecular complexity index is 1770. The molecule has 0 aliphatic carbocycles. The highest BCUT2D eigenvalue weighted by Crippen LogP contribution is 2.37. The van der Waals surface area contributed by atoms with Gasteiger partial charge in [0, 0.05) is 18.1 Å². The molecule has 204 valence electrons. The first kappa shape index (κ1) is 26.8. The first-order valence-electron chi connectivity index (χ1n) is 13.8. The summed E-state index contributed by atoms with van der Waals surface area (Å²) in [6.07, 6.45) is 2.43. The van der Waals surface area contributed by atoms with Crippen molar-refractivity contribution in [2.75, 3.05) is 6.54 Å². The molecule has 6 aromatic rings. The summed E-state index contributed by atoms with van der Waals surface area (Å²) in [5.41, 5.74) is 5.52. The number of para-hydroxylation sites is 1. The molecule has 41 heavy (non-hydrogen) atoms. The molecule has 1 heterocycles. The lowest BCUT2D eigenvalue weighted by Crippen LogP contribution is -2.45. The Morgan fingerprint density at radius 2 is 1.12 bits per heavy atom. The van der Waals surface area contributed by atoms with Crippen molar-refractivity contribution < 1.29 is 8.42 Å². The van der Waals surface area contributed by atoms with Crippen LogP contribution in [0.3, 0.4) is 0 Å². The van der Waals surface area contributed by atoms with Crippen molar-refractivity contribution in [3.05, 3.63) is 174 Å². The number of rotatable bonds is 9. The van der Waals surface area contributed by atoms with Gasteiger partial charge >= 0.3 is 0 Å². The van der Waals surface area contributed by atoms with Crippen LogP contribution in [0.2, 0.25) is 0 Å². The Morgan fingerprint density at radius 3 is 1.66 bits per heavy atom. The molecular weight excluding hydrogens is 524 g/mol. The molecule has 5 aromatic carbocycles. The van der Waals surface area contributed by atoms with Crippen LogP contribution in [0, 0.1) is 6.92 Å². The molecule has 0 aliphatic heterocycles. The number of fused-ring (bicyclic) bond motifs is 1. The molecule has 6 rings (SSSR count). The maximum absolute atomic E-state index is 13.7. The predicted octanol–water partition coefficient (Wildman–Crippen LogP) is 7.31. The van der Waals surface area contributed by atoms with E-state index in [1.54, 1.807) is 18.3 Å². The molecule has 4 nitrogen and oxygen atoms in total. The molecule has 0 radical (unpaired) electrons. The molecule has 0 saturated carbocycles. The minimum Gasteiger partial charge on any atom is -0.300 e. The van der Waals surface area contributed by atoms with E-state index >= 15 is 0 Å². The number of aryl methyl sites for hydroxylation is 1. The number of nitrogens with one attached hydrogen (secondary N) is 1. The molecule has 0 spiro atoms. The SMILES string of the molecule is Cc1ccc(S(=O)(=O)n2cc(CCNC(c3ccccc3)(c3ccccc3)c3ccccc3)c3ccccc32)cc1. The van der Waals surface area contributed by atoms with Crippen molar-refractivity contribution in [2.45, 2.75) is 23.8 Å². The average Bonchev–Trinajstić information content (AvgIpc) is 3.40. The monoisotopic (exact) mass is 556 g/mol. The smallest absolute Gasteiger partial charge is 0.268 e. The van der Waals surface area contributed by atoms with Gasteiger partial charge < -0.3 is 0 Å². The summed E-state index contributed by atoms with van der Waals surface area (Å²) in [5.74, 6) is 0. The zero-order valence-corrected chi connectivity index (χ0v) is 23.8. The molecule has 0 aliphatic rings. The summed E-state index contributed by atoms with van der Waals surface area (Å²) in [7, 11) is -3.75. The number of hydrogen-bond acceptors (Lipinski definition) is 3. The Labute approximate surface area is 242 Å². The maximum atomic E-state index is 13.7. The number of aromatic nitrogens is 1. The van der Waals surface area contributed by atoms with E-state index < -0.39 is 15.6 Å². The van der Waals surface area contributed by atoms with Gasteiger partial charge in [0.05, 0.1) is 16.0 Å². The van der Waals surface area contributed by atoms with Gasteiger partial charge in [-0.2, -0.15) is 0 Å². The highest BCUT2D eigenvalue weighted by Gasteiger charge is 2.35. The zero-order chi connectivity index (χ0) is 28.3. The molecule has 0 bridgehead atoms. The summed E-state index contributed by atoms with van der Waals surface area (Å²) in [6.45, 7) is 2.57. The van der Waals surface area contributed by atoms with Gasteiger partial charge in [-0.05, 0) is 53.8 Å². The summed E-state index contributed by atoms with van der Waals surface area (Å²) in [5, 5.41) is 4.86. The Hall–Kier alpha value is -4.45. The van der Waals surface area contributed by atoms with Crippen LogP contribution >= 0.6 is 0 Å². The second-order valence-electron chi connectivity index (χ2n) is 10.3. The lowest BCUT2D eigenvalue weighted by Gasteiger charge is -2.37. The van der Waals surface area contributed by atoms with Crippen LogP contribution in [-0.4, -0.2) is 18.9 Å². The molecule has 5 heteroatoms. The minimum absolute atomic E-state index is 0.282. The summed E-state index contributed by atoms with van der Waals surface area (Å²) >= 11 is 0. The van der Waals surface area contributed by atoms with Gasteiger partial charge in [0.2, 0.25) is 0 Å². The van der Waals surface area contributed by atoms with E-state index in [0.29, 0.717) is 18.5 Å². The van der Waals surface area contributed by atoms with E-state index in [2.05, 4.69) is 78.1 Å². The van der Waals surface area contributed by atoms with E-state index in [0.717, 1.165) is 33.2 Å². The van der Waals surface area contributed by atoms with Crippen molar-refractivity contribution in [3.8, 4) is 0 Å². The van der Waals surface area contributed by atoms with Crippen molar-refractivity contribution in [1.29, 1.82) is 0 Å². The maximum Gasteiger partial charge on any atom is 0.268 e. The first-order valence-corrected chi connectivity index (χ1v) is 15.3. The normalized spacial score (nSPS) is 12.0. The van der Waals surface area contributed by atoms with Gasteiger partial charge in [-0.15, -0.1) is 0 Å². The van der Waals surface area contributed by atoms with E-state index in [4.69, 9.17) is 0 Å². The van der Waals surface area contributed by atoms with Crippen molar-refractivity contribution >= 4 is 20.9 Å². The van der Waals surface area contributed by atoms with Crippen molar-refractivity contribution in [2.24, 2.45) is 0 Å². The highest BCUT2D eigenvalue weighted by atomic mass is 32.2. The van der Waals surface area contributed by atoms with Crippen molar-refractivity contribution in [3.63, 3.8) is 0 Å². The first-order chi connectivity index (χ1) is 20.0. The van der Waals surface area contributed by atoms with Gasteiger partial charge in [-0.3, -0.25) is 5.32 Å². The largest absolute Gasteiger partial charge is 0.300 e. The van der Waals surface area contributed by atoms with Crippen LogP contribution in [0.15, 0.2) is 151 Å². The van der Waals surface area contributed by atoms with Gasteiger partial charge in [0.25, 0.3) is 10.0 Å². The van der Waals surface area contributed by atoms with E-state index in [-0.39, 0.29) is 4.90 Å². The van der Waals surface area contributed by atoms with Gasteiger partial charge in [-0.25, -0.2) is 12.4 Å². The Morgan fingerprint density at radius 1 is 0.634 bits per heavy atom. The quantitative estimate of drug-likeness (QED) is 0.190. The summed E-state index contributed by atoms with van der Waals surface area (Å²) < 4.78 is 28.8. The Kier molecular flexibility index (Phi) is 7.31. The van der Waals surface area contributed by atoms with Gasteiger partial charge in [0.15, 0.2) is 0 Å². The number of hydrogen-bond donors (Lipinski definition) is 1. The van der Waals surface area contributed by atoms with Gasteiger partial charge in [0.1, 0.15) is 0 Å². The van der Waals surface area contributed by atoms with E-state index in [1.807, 2.05) is 61.5 Å². The lowest BCUT2D eigenvalue weighted by molar-refractivity contribution is 0.476. The van der Waals surface area contributed by atoms with Crippen LogP contribution in [0.25, 0.3) is 10.9 Å². The number of nitrogens with zero attached hydrogens (tertiary/aromatic N) is 1. The second kappa shape index (κ2) is 11.2. The van der Waals surface area contributed by atoms with Gasteiger partial charge in [-0.1, -0.05) is 127 Å². The van der Waals surface area contributed by atoms with Crippen LogP contribution in [0.4, 0.5) is 0 Å². The fraction of sp³-hybridized carbons (Fsp3) is 0.111. The van der Waals surface area contributed by atoms with E-state index in [9.17, 15) is 8.42 Å². The van der Waals surface area contributed by atoms with Crippen LogP contribution < -0.4 is 5.32 Å². The molecule has 1 N–H and O–H groups in total. The molecular formula is C36H32N2O2S. The molecule has 0 saturated heterocycles. The molecule has 0 atom stereocenters. The third-order valence-electron chi connectivity index (χ3n) is 7.74. The molecule has 1 aromatic heterocycles. The third-order valence-corrected chi connectivity index (χ3v) is 9.43.